The number of rotatable bonds is 3. The average Bonchev–Trinajstić information content (AvgIpc) is 2.41. The molecule has 98 valence electrons. The minimum absolute atomic E-state index is 0.303. The molecule has 3 nitrogen and oxygen atoms in total. The van der Waals surface area contributed by atoms with Crippen LogP contribution in [0.4, 0.5) is 0 Å². The van der Waals surface area contributed by atoms with E-state index in [1.807, 2.05) is 0 Å². The van der Waals surface area contributed by atoms with E-state index in [-0.39, 0.29) is 0 Å². The molecule has 0 saturated heterocycles. The molecule has 1 N–H and O–H groups in total. The lowest BCUT2D eigenvalue weighted by Gasteiger charge is -2.22. The van der Waals surface area contributed by atoms with Gasteiger partial charge in [-0.3, -0.25) is 0 Å². The predicted molar refractivity (Wildman–Crippen MR) is 72.2 cm³/mol. The Morgan fingerprint density at radius 3 is 2.56 bits per heavy atom. The number of oxime groups is 1. The standard InChI is InChI=1S/C15H21NO2/c1-11-3-4-13(9-12(11)2)10-18-15-7-5-14(16-17)6-8-15/h3-4,9,15,17H,5-8,10H2,1-2H3. The van der Waals surface area contributed by atoms with Gasteiger partial charge in [-0.05, 0) is 56.2 Å². The van der Waals surface area contributed by atoms with Crippen LogP contribution in [0.1, 0.15) is 42.4 Å². The van der Waals surface area contributed by atoms with Crippen molar-refractivity contribution in [2.24, 2.45) is 5.16 Å². The fourth-order valence-corrected chi connectivity index (χ4v) is 2.30. The lowest BCUT2D eigenvalue weighted by atomic mass is 9.96. The lowest BCUT2D eigenvalue weighted by molar-refractivity contribution is 0.0277. The molecule has 0 heterocycles. The third-order valence-corrected chi connectivity index (χ3v) is 3.71. The Hall–Kier alpha value is -1.35. The summed E-state index contributed by atoms with van der Waals surface area (Å²) in [5.41, 5.74) is 4.77. The maximum atomic E-state index is 8.69. The van der Waals surface area contributed by atoms with Gasteiger partial charge in [0.05, 0.1) is 18.4 Å². The molecule has 0 amide bonds. The third-order valence-electron chi connectivity index (χ3n) is 3.71. The van der Waals surface area contributed by atoms with Crippen LogP contribution in [-0.2, 0) is 11.3 Å². The molecule has 2 rings (SSSR count). The van der Waals surface area contributed by atoms with E-state index >= 15 is 0 Å². The first-order valence-corrected chi connectivity index (χ1v) is 6.56. The summed E-state index contributed by atoms with van der Waals surface area (Å²) >= 11 is 0. The molecule has 1 aromatic carbocycles. The Morgan fingerprint density at radius 2 is 1.94 bits per heavy atom. The van der Waals surface area contributed by atoms with E-state index in [1.54, 1.807) is 0 Å². The minimum atomic E-state index is 0.303. The van der Waals surface area contributed by atoms with Crippen LogP contribution in [0.2, 0.25) is 0 Å². The predicted octanol–water partition coefficient (Wildman–Crippen LogP) is 3.59. The van der Waals surface area contributed by atoms with Crippen molar-refractivity contribution < 1.29 is 9.94 Å². The van der Waals surface area contributed by atoms with Crippen molar-refractivity contribution in [1.82, 2.24) is 0 Å². The summed E-state index contributed by atoms with van der Waals surface area (Å²) in [4.78, 5) is 0. The molecule has 18 heavy (non-hydrogen) atoms. The van der Waals surface area contributed by atoms with Crippen LogP contribution in [0.5, 0.6) is 0 Å². The first kappa shape index (κ1) is 13.1. The van der Waals surface area contributed by atoms with Crippen molar-refractivity contribution in [3.05, 3.63) is 34.9 Å². The van der Waals surface area contributed by atoms with E-state index in [1.165, 1.54) is 16.7 Å². The van der Waals surface area contributed by atoms with Crippen molar-refractivity contribution in [2.45, 2.75) is 52.2 Å². The van der Waals surface area contributed by atoms with E-state index in [9.17, 15) is 0 Å². The quantitative estimate of drug-likeness (QED) is 0.655. The van der Waals surface area contributed by atoms with E-state index < -0.39 is 0 Å². The maximum absolute atomic E-state index is 8.69. The fourth-order valence-electron chi connectivity index (χ4n) is 2.30. The molecule has 0 spiro atoms. The molecule has 0 bridgehead atoms. The summed E-state index contributed by atoms with van der Waals surface area (Å²) in [5, 5.41) is 12.0. The molecule has 0 aromatic heterocycles. The average molecular weight is 247 g/mol. The zero-order valence-electron chi connectivity index (χ0n) is 11.1. The van der Waals surface area contributed by atoms with Gasteiger partial charge in [0.25, 0.3) is 0 Å². The highest BCUT2D eigenvalue weighted by molar-refractivity contribution is 5.84. The van der Waals surface area contributed by atoms with Gasteiger partial charge in [-0.15, -0.1) is 0 Å². The number of hydrogen-bond donors (Lipinski definition) is 1. The second-order valence-corrected chi connectivity index (χ2v) is 5.10. The zero-order chi connectivity index (χ0) is 13.0. The molecule has 1 aliphatic rings. The van der Waals surface area contributed by atoms with Gasteiger partial charge in [0.2, 0.25) is 0 Å². The molecule has 1 fully saturated rings. The van der Waals surface area contributed by atoms with E-state index in [2.05, 4.69) is 37.2 Å². The topological polar surface area (TPSA) is 41.8 Å². The summed E-state index contributed by atoms with van der Waals surface area (Å²) in [5.74, 6) is 0. The van der Waals surface area contributed by atoms with Crippen LogP contribution in [0.25, 0.3) is 0 Å². The molecule has 0 atom stereocenters. The van der Waals surface area contributed by atoms with Gasteiger partial charge >= 0.3 is 0 Å². The Morgan fingerprint density at radius 1 is 1.22 bits per heavy atom. The van der Waals surface area contributed by atoms with Crippen LogP contribution in [-0.4, -0.2) is 17.0 Å². The van der Waals surface area contributed by atoms with Crippen LogP contribution in [0.3, 0.4) is 0 Å². The third kappa shape index (κ3) is 3.33. The van der Waals surface area contributed by atoms with Crippen molar-refractivity contribution in [1.29, 1.82) is 0 Å². The Balaban J connectivity index is 1.83. The van der Waals surface area contributed by atoms with E-state index in [0.717, 1.165) is 31.4 Å². The van der Waals surface area contributed by atoms with E-state index in [4.69, 9.17) is 9.94 Å². The van der Waals surface area contributed by atoms with Gasteiger partial charge in [0.1, 0.15) is 0 Å². The number of nitrogens with zero attached hydrogens (tertiary/aromatic N) is 1. The smallest absolute Gasteiger partial charge is 0.0720 e. The van der Waals surface area contributed by atoms with Crippen molar-refractivity contribution in [3.8, 4) is 0 Å². The van der Waals surface area contributed by atoms with Crippen LogP contribution < -0.4 is 0 Å². The second-order valence-electron chi connectivity index (χ2n) is 5.10. The Labute approximate surface area is 108 Å². The Bertz CT molecular complexity index is 430. The van der Waals surface area contributed by atoms with Gasteiger partial charge < -0.3 is 9.94 Å². The fraction of sp³-hybridized carbons (Fsp3) is 0.533. The van der Waals surface area contributed by atoms with Gasteiger partial charge in [0.15, 0.2) is 0 Å². The largest absolute Gasteiger partial charge is 0.411 e. The SMILES string of the molecule is Cc1ccc(COC2CCC(=NO)CC2)cc1C. The Kier molecular flexibility index (Phi) is 4.37. The highest BCUT2D eigenvalue weighted by Crippen LogP contribution is 2.20. The number of ether oxygens (including phenoxy) is 1. The molecule has 0 unspecified atom stereocenters. The molecular weight excluding hydrogens is 226 g/mol. The van der Waals surface area contributed by atoms with Crippen LogP contribution in [0, 0.1) is 13.8 Å². The molecule has 1 aromatic rings. The monoisotopic (exact) mass is 247 g/mol. The summed E-state index contributed by atoms with van der Waals surface area (Å²) in [7, 11) is 0. The highest BCUT2D eigenvalue weighted by atomic mass is 16.5. The number of benzene rings is 1. The number of hydrogen-bond acceptors (Lipinski definition) is 3. The summed E-state index contributed by atoms with van der Waals surface area (Å²) in [6, 6.07) is 6.47. The van der Waals surface area contributed by atoms with Gasteiger partial charge in [0, 0.05) is 0 Å². The summed E-state index contributed by atoms with van der Waals surface area (Å²) < 4.78 is 5.92. The minimum Gasteiger partial charge on any atom is -0.411 e. The van der Waals surface area contributed by atoms with Gasteiger partial charge in [-0.2, -0.15) is 0 Å². The lowest BCUT2D eigenvalue weighted by Crippen LogP contribution is -2.21. The van der Waals surface area contributed by atoms with Crippen molar-refractivity contribution in [3.63, 3.8) is 0 Å². The van der Waals surface area contributed by atoms with Crippen LogP contribution >= 0.6 is 0 Å². The van der Waals surface area contributed by atoms with Crippen molar-refractivity contribution >= 4 is 5.71 Å². The molecule has 3 heteroatoms. The highest BCUT2D eigenvalue weighted by Gasteiger charge is 2.18. The normalized spacial score (nSPS) is 19.9. The molecule has 1 aliphatic carbocycles. The second kappa shape index (κ2) is 6.01. The maximum Gasteiger partial charge on any atom is 0.0720 e. The zero-order valence-corrected chi connectivity index (χ0v) is 11.1. The first-order chi connectivity index (χ1) is 8.69. The molecular formula is C15H21NO2. The molecule has 0 aliphatic heterocycles. The number of aryl methyl sites for hydroxylation is 2. The van der Waals surface area contributed by atoms with Gasteiger partial charge in [-0.25, -0.2) is 0 Å². The van der Waals surface area contributed by atoms with Gasteiger partial charge in [-0.1, -0.05) is 23.4 Å². The molecule has 1 saturated carbocycles. The first-order valence-electron chi connectivity index (χ1n) is 6.56. The van der Waals surface area contributed by atoms with E-state index in [0.29, 0.717) is 12.7 Å². The van der Waals surface area contributed by atoms with Crippen LogP contribution in [0.15, 0.2) is 23.4 Å². The summed E-state index contributed by atoms with van der Waals surface area (Å²) in [6.07, 6.45) is 3.94. The summed E-state index contributed by atoms with van der Waals surface area (Å²) in [6.45, 7) is 4.93. The molecule has 0 radical (unpaired) electrons. The van der Waals surface area contributed by atoms with Crippen molar-refractivity contribution in [2.75, 3.05) is 0 Å².